The van der Waals surface area contributed by atoms with Gasteiger partial charge < -0.3 is 5.32 Å². The summed E-state index contributed by atoms with van der Waals surface area (Å²) in [5, 5.41) is 7.42. The molecule has 102 valence electrons. The summed E-state index contributed by atoms with van der Waals surface area (Å²) in [6, 6.07) is 0.0763. The van der Waals surface area contributed by atoms with Crippen molar-refractivity contribution in [3.05, 3.63) is 21.0 Å². The number of aromatic nitrogens is 2. The molecule has 0 saturated carbocycles. The molecule has 5 heteroatoms. The van der Waals surface area contributed by atoms with Crippen molar-refractivity contribution in [3.63, 3.8) is 0 Å². The highest BCUT2D eigenvalue weighted by Crippen LogP contribution is 2.17. The molecule has 0 radical (unpaired) electrons. The van der Waals surface area contributed by atoms with Crippen molar-refractivity contribution in [2.75, 3.05) is 11.9 Å². The summed E-state index contributed by atoms with van der Waals surface area (Å²) < 4.78 is 2.05. The summed E-state index contributed by atoms with van der Waals surface area (Å²) in [7, 11) is 0. The quantitative estimate of drug-likeness (QED) is 0.782. The van der Waals surface area contributed by atoms with E-state index in [1.54, 1.807) is 6.20 Å². The highest BCUT2D eigenvalue weighted by molar-refractivity contribution is 9.10. The Labute approximate surface area is 117 Å². The van der Waals surface area contributed by atoms with Gasteiger partial charge in [0.15, 0.2) is 0 Å². The van der Waals surface area contributed by atoms with Crippen LogP contribution in [-0.4, -0.2) is 16.3 Å². The van der Waals surface area contributed by atoms with Gasteiger partial charge in [-0.2, -0.15) is 5.10 Å². The maximum Gasteiger partial charge on any atom is 0.283 e. The van der Waals surface area contributed by atoms with Crippen molar-refractivity contribution >= 4 is 21.6 Å². The average Bonchev–Trinajstić information content (AvgIpc) is 2.33. The first-order valence-corrected chi connectivity index (χ1v) is 7.38. The Bertz CT molecular complexity index is 429. The first-order valence-electron chi connectivity index (χ1n) is 6.59. The predicted molar refractivity (Wildman–Crippen MR) is 79.2 cm³/mol. The third kappa shape index (κ3) is 4.12. The van der Waals surface area contributed by atoms with Crippen LogP contribution in [0.3, 0.4) is 0 Å². The molecule has 0 saturated heterocycles. The highest BCUT2D eigenvalue weighted by atomic mass is 79.9. The minimum atomic E-state index is -0.0800. The summed E-state index contributed by atoms with van der Waals surface area (Å²) in [4.78, 5) is 12.0. The van der Waals surface area contributed by atoms with Gasteiger partial charge in [0.25, 0.3) is 5.56 Å². The lowest BCUT2D eigenvalue weighted by atomic mass is 10.2. The fraction of sp³-hybridized carbons (Fsp3) is 0.692. The van der Waals surface area contributed by atoms with Crippen LogP contribution >= 0.6 is 15.9 Å². The fourth-order valence-electron chi connectivity index (χ4n) is 1.71. The van der Waals surface area contributed by atoms with Crippen LogP contribution in [0.15, 0.2) is 15.5 Å². The number of anilines is 1. The monoisotopic (exact) mass is 315 g/mol. The molecule has 1 rings (SSSR count). The second-order valence-corrected chi connectivity index (χ2v) is 5.50. The number of unbranched alkanes of at least 4 members (excludes halogenated alkanes) is 3. The maximum atomic E-state index is 12.0. The van der Waals surface area contributed by atoms with Gasteiger partial charge in [0.05, 0.1) is 17.9 Å². The van der Waals surface area contributed by atoms with E-state index in [0.717, 1.165) is 18.7 Å². The van der Waals surface area contributed by atoms with Crippen molar-refractivity contribution in [1.29, 1.82) is 0 Å². The Hall–Kier alpha value is -0.840. The van der Waals surface area contributed by atoms with Gasteiger partial charge >= 0.3 is 0 Å². The molecule has 0 atom stereocenters. The van der Waals surface area contributed by atoms with E-state index < -0.39 is 0 Å². The summed E-state index contributed by atoms with van der Waals surface area (Å²) in [5.41, 5.74) is 0.706. The molecule has 0 aliphatic heterocycles. The third-order valence-electron chi connectivity index (χ3n) is 2.78. The lowest BCUT2D eigenvalue weighted by Gasteiger charge is -2.12. The third-order valence-corrected chi connectivity index (χ3v) is 3.54. The number of halogens is 1. The molecule has 1 heterocycles. The highest BCUT2D eigenvalue weighted by Gasteiger charge is 2.10. The van der Waals surface area contributed by atoms with Crippen LogP contribution < -0.4 is 10.9 Å². The van der Waals surface area contributed by atoms with Crippen molar-refractivity contribution in [2.45, 2.75) is 52.5 Å². The molecule has 0 amide bonds. The summed E-state index contributed by atoms with van der Waals surface area (Å²) in [5.74, 6) is 0. The van der Waals surface area contributed by atoms with Crippen LogP contribution in [0, 0.1) is 0 Å². The first-order chi connectivity index (χ1) is 8.57. The van der Waals surface area contributed by atoms with Crippen molar-refractivity contribution in [3.8, 4) is 0 Å². The lowest BCUT2D eigenvalue weighted by molar-refractivity contribution is 0.501. The van der Waals surface area contributed by atoms with Gasteiger partial charge in [-0.1, -0.05) is 26.2 Å². The normalized spacial score (nSPS) is 10.9. The second-order valence-electron chi connectivity index (χ2n) is 4.70. The number of nitrogens with one attached hydrogen (secondary N) is 1. The van der Waals surface area contributed by atoms with E-state index in [1.165, 1.54) is 23.9 Å². The molecule has 18 heavy (non-hydrogen) atoms. The van der Waals surface area contributed by atoms with Crippen molar-refractivity contribution in [2.24, 2.45) is 0 Å². The number of nitrogens with zero attached hydrogens (tertiary/aromatic N) is 2. The van der Waals surface area contributed by atoms with Gasteiger partial charge in [-0.3, -0.25) is 4.79 Å². The largest absolute Gasteiger partial charge is 0.383 e. The molecule has 0 spiro atoms. The van der Waals surface area contributed by atoms with Gasteiger partial charge in [-0.05, 0) is 36.2 Å². The van der Waals surface area contributed by atoms with E-state index in [-0.39, 0.29) is 11.6 Å². The second kappa shape index (κ2) is 7.56. The summed E-state index contributed by atoms with van der Waals surface area (Å²) in [6.45, 7) is 6.96. The Balaban J connectivity index is 2.63. The maximum absolute atomic E-state index is 12.0. The zero-order valence-corrected chi connectivity index (χ0v) is 13.0. The average molecular weight is 316 g/mol. The van der Waals surface area contributed by atoms with Gasteiger partial charge in [-0.15, -0.1) is 0 Å². The molecule has 1 aromatic heterocycles. The summed E-state index contributed by atoms with van der Waals surface area (Å²) in [6.07, 6.45) is 6.54. The van der Waals surface area contributed by atoms with Crippen molar-refractivity contribution < 1.29 is 0 Å². The SMILES string of the molecule is CCCCCCNc1cnn(C(C)C)c(=O)c1Br. The van der Waals surface area contributed by atoms with Crippen LogP contribution in [-0.2, 0) is 0 Å². The van der Waals surface area contributed by atoms with Gasteiger partial charge in [0.1, 0.15) is 4.47 Å². The molecule has 4 nitrogen and oxygen atoms in total. The number of rotatable bonds is 7. The molecule has 0 bridgehead atoms. The van der Waals surface area contributed by atoms with E-state index >= 15 is 0 Å². The minimum Gasteiger partial charge on any atom is -0.383 e. The van der Waals surface area contributed by atoms with Crippen LogP contribution in [0.4, 0.5) is 5.69 Å². The van der Waals surface area contributed by atoms with Crippen LogP contribution in [0.2, 0.25) is 0 Å². The Morgan fingerprint density at radius 3 is 2.72 bits per heavy atom. The van der Waals surface area contributed by atoms with Gasteiger partial charge in [0.2, 0.25) is 0 Å². The van der Waals surface area contributed by atoms with E-state index in [0.29, 0.717) is 4.47 Å². The smallest absolute Gasteiger partial charge is 0.283 e. The molecule has 0 aromatic carbocycles. The molecule has 0 fully saturated rings. The molecule has 0 aliphatic rings. The van der Waals surface area contributed by atoms with E-state index in [2.05, 4.69) is 33.3 Å². The van der Waals surface area contributed by atoms with Gasteiger partial charge in [-0.25, -0.2) is 4.68 Å². The van der Waals surface area contributed by atoms with E-state index in [1.807, 2.05) is 13.8 Å². The standard InChI is InChI=1S/C13H22BrN3O/c1-4-5-6-7-8-15-11-9-16-17(10(2)3)13(18)12(11)14/h9-10,15H,4-8H2,1-3H3. The molecule has 1 aromatic rings. The van der Waals surface area contributed by atoms with Crippen LogP contribution in [0.5, 0.6) is 0 Å². The molecule has 0 aliphatic carbocycles. The van der Waals surface area contributed by atoms with E-state index in [9.17, 15) is 4.79 Å². The van der Waals surface area contributed by atoms with Gasteiger partial charge in [0, 0.05) is 6.54 Å². The number of hydrogen-bond donors (Lipinski definition) is 1. The minimum absolute atomic E-state index is 0.0763. The van der Waals surface area contributed by atoms with E-state index in [4.69, 9.17) is 0 Å². The Morgan fingerprint density at radius 2 is 2.11 bits per heavy atom. The lowest BCUT2D eigenvalue weighted by Crippen LogP contribution is -2.26. The predicted octanol–water partition coefficient (Wildman–Crippen LogP) is 3.58. The summed E-state index contributed by atoms with van der Waals surface area (Å²) >= 11 is 3.35. The zero-order valence-electron chi connectivity index (χ0n) is 11.4. The molecular formula is C13H22BrN3O. The van der Waals surface area contributed by atoms with Crippen molar-refractivity contribution in [1.82, 2.24) is 9.78 Å². The fourth-order valence-corrected chi connectivity index (χ4v) is 2.13. The van der Waals surface area contributed by atoms with Crippen LogP contribution in [0.1, 0.15) is 52.5 Å². The molecular weight excluding hydrogens is 294 g/mol. The first kappa shape index (κ1) is 15.2. The molecule has 0 unspecified atom stereocenters. The zero-order chi connectivity index (χ0) is 13.5. The van der Waals surface area contributed by atoms with Crippen LogP contribution in [0.25, 0.3) is 0 Å². The number of hydrogen-bond acceptors (Lipinski definition) is 3. The molecule has 1 N–H and O–H groups in total. The topological polar surface area (TPSA) is 46.9 Å². The Kier molecular flexibility index (Phi) is 6.39. The Morgan fingerprint density at radius 1 is 1.39 bits per heavy atom.